The Balaban J connectivity index is 2.06. The highest BCUT2D eigenvalue weighted by atomic mass is 32.2. The lowest BCUT2D eigenvalue weighted by atomic mass is 10.3. The molecule has 0 saturated heterocycles. The Labute approximate surface area is 82.9 Å². The Hall–Kier alpha value is -0.550. The van der Waals surface area contributed by atoms with E-state index < -0.39 is 0 Å². The van der Waals surface area contributed by atoms with E-state index >= 15 is 0 Å². The third-order valence-electron chi connectivity index (χ3n) is 1.63. The predicted molar refractivity (Wildman–Crippen MR) is 55.0 cm³/mol. The van der Waals surface area contributed by atoms with Gasteiger partial charge in [0.25, 0.3) is 0 Å². The Bertz CT molecular complexity index is 236. The second-order valence-electron chi connectivity index (χ2n) is 2.86. The summed E-state index contributed by atoms with van der Waals surface area (Å²) in [6, 6.07) is 0. The zero-order valence-electron chi connectivity index (χ0n) is 8.13. The third kappa shape index (κ3) is 4.28. The van der Waals surface area contributed by atoms with Crippen LogP contribution in [0.2, 0.25) is 0 Å². The van der Waals surface area contributed by atoms with Crippen LogP contribution in [-0.2, 0) is 0 Å². The molecule has 1 heterocycles. The molecule has 0 radical (unpaired) electrons. The molecule has 0 unspecified atom stereocenters. The smallest absolute Gasteiger partial charge is 0.208 e. The molecule has 0 fully saturated rings. The minimum absolute atomic E-state index is 0.863. The Morgan fingerprint density at radius 2 is 2.31 bits per heavy atom. The number of rotatable bonds is 6. The lowest BCUT2D eigenvalue weighted by Gasteiger charge is -1.97. The summed E-state index contributed by atoms with van der Waals surface area (Å²) in [6.45, 7) is 3.01. The van der Waals surface area contributed by atoms with Crippen molar-refractivity contribution >= 4 is 11.8 Å². The van der Waals surface area contributed by atoms with E-state index in [2.05, 4.69) is 20.5 Å². The van der Waals surface area contributed by atoms with Crippen molar-refractivity contribution in [3.8, 4) is 0 Å². The normalized spacial score (nSPS) is 10.6. The average Bonchev–Trinajstić information content (AvgIpc) is 2.51. The Morgan fingerprint density at radius 1 is 1.46 bits per heavy atom. The van der Waals surface area contributed by atoms with Crippen LogP contribution < -0.4 is 5.32 Å². The van der Waals surface area contributed by atoms with Gasteiger partial charge in [0.2, 0.25) is 5.16 Å². The lowest BCUT2D eigenvalue weighted by Crippen LogP contribution is -2.07. The first-order chi connectivity index (χ1) is 6.33. The number of H-pyrrole nitrogens is 1. The number of hydrogen-bond donors (Lipinski definition) is 2. The number of thioether (sulfide) groups is 1. The monoisotopic (exact) mass is 200 g/mol. The first-order valence-electron chi connectivity index (χ1n) is 4.49. The van der Waals surface area contributed by atoms with Crippen LogP contribution in [0.25, 0.3) is 0 Å². The van der Waals surface area contributed by atoms with Gasteiger partial charge in [-0.3, -0.25) is 5.10 Å². The fourth-order valence-electron chi connectivity index (χ4n) is 0.954. The largest absolute Gasteiger partial charge is 0.320 e. The van der Waals surface area contributed by atoms with Crippen molar-refractivity contribution in [2.45, 2.75) is 24.9 Å². The van der Waals surface area contributed by atoms with Gasteiger partial charge in [0.1, 0.15) is 5.82 Å². The zero-order valence-corrected chi connectivity index (χ0v) is 8.95. The van der Waals surface area contributed by atoms with Crippen LogP contribution >= 0.6 is 11.8 Å². The minimum atomic E-state index is 0.863. The van der Waals surface area contributed by atoms with E-state index in [1.807, 2.05) is 14.0 Å². The van der Waals surface area contributed by atoms with Crippen LogP contribution in [-0.4, -0.2) is 34.5 Å². The minimum Gasteiger partial charge on any atom is -0.320 e. The average molecular weight is 200 g/mol. The molecule has 4 nitrogen and oxygen atoms in total. The fraction of sp³-hybridized carbons (Fsp3) is 0.750. The van der Waals surface area contributed by atoms with Gasteiger partial charge in [-0.05, 0) is 33.4 Å². The SMILES string of the molecule is CNCCCCSc1n[nH]c(C)n1. The van der Waals surface area contributed by atoms with Crippen molar-refractivity contribution in [1.29, 1.82) is 0 Å². The van der Waals surface area contributed by atoms with Gasteiger partial charge in [-0.25, -0.2) is 4.98 Å². The van der Waals surface area contributed by atoms with Crippen molar-refractivity contribution in [3.05, 3.63) is 5.82 Å². The van der Waals surface area contributed by atoms with Crippen LogP contribution in [0.5, 0.6) is 0 Å². The number of hydrogen-bond acceptors (Lipinski definition) is 4. The third-order valence-corrected chi connectivity index (χ3v) is 2.56. The van der Waals surface area contributed by atoms with Gasteiger partial charge in [-0.15, -0.1) is 5.10 Å². The Morgan fingerprint density at radius 3 is 2.92 bits per heavy atom. The molecule has 0 amide bonds. The Kier molecular flexibility index (Phi) is 4.85. The summed E-state index contributed by atoms with van der Waals surface area (Å²) in [4.78, 5) is 4.21. The van der Waals surface area contributed by atoms with Gasteiger partial charge in [0.15, 0.2) is 0 Å². The number of aromatic nitrogens is 3. The molecule has 0 aliphatic rings. The van der Waals surface area contributed by atoms with Crippen molar-refractivity contribution in [3.63, 3.8) is 0 Å². The van der Waals surface area contributed by atoms with Gasteiger partial charge in [-0.1, -0.05) is 11.8 Å². The molecule has 1 aromatic heterocycles. The van der Waals surface area contributed by atoms with Crippen molar-refractivity contribution in [1.82, 2.24) is 20.5 Å². The summed E-state index contributed by atoms with van der Waals surface area (Å²) in [6.07, 6.45) is 2.42. The lowest BCUT2D eigenvalue weighted by molar-refractivity contribution is 0.714. The number of nitrogens with zero attached hydrogens (tertiary/aromatic N) is 2. The molecular formula is C8H16N4S. The second-order valence-corrected chi connectivity index (χ2v) is 3.92. The molecule has 1 rings (SSSR count). The summed E-state index contributed by atoms with van der Waals surface area (Å²) in [5, 5.41) is 10.9. The molecule has 0 saturated carbocycles. The van der Waals surface area contributed by atoms with Gasteiger partial charge in [0, 0.05) is 5.75 Å². The number of aromatic amines is 1. The maximum Gasteiger partial charge on any atom is 0.208 e. The number of nitrogens with one attached hydrogen (secondary N) is 2. The molecule has 0 aliphatic heterocycles. The second kappa shape index (κ2) is 5.99. The van der Waals surface area contributed by atoms with Crippen molar-refractivity contribution in [2.24, 2.45) is 0 Å². The highest BCUT2D eigenvalue weighted by Gasteiger charge is 1.98. The molecule has 1 aromatic rings. The van der Waals surface area contributed by atoms with Gasteiger partial charge < -0.3 is 5.32 Å². The summed E-state index contributed by atoms with van der Waals surface area (Å²) in [7, 11) is 1.98. The first-order valence-corrected chi connectivity index (χ1v) is 5.48. The van der Waals surface area contributed by atoms with Crippen LogP contribution in [0.1, 0.15) is 18.7 Å². The quantitative estimate of drug-likeness (QED) is 0.535. The highest BCUT2D eigenvalue weighted by molar-refractivity contribution is 7.99. The van der Waals surface area contributed by atoms with E-state index in [1.165, 1.54) is 12.8 Å². The van der Waals surface area contributed by atoms with Crippen molar-refractivity contribution < 1.29 is 0 Å². The van der Waals surface area contributed by atoms with Gasteiger partial charge >= 0.3 is 0 Å². The van der Waals surface area contributed by atoms with E-state index in [4.69, 9.17) is 0 Å². The van der Waals surface area contributed by atoms with E-state index in [1.54, 1.807) is 11.8 Å². The number of aryl methyl sites for hydroxylation is 1. The van der Waals surface area contributed by atoms with Gasteiger partial charge in [0.05, 0.1) is 0 Å². The molecule has 0 atom stereocenters. The van der Waals surface area contributed by atoms with Gasteiger partial charge in [-0.2, -0.15) is 0 Å². The number of unbranched alkanes of at least 4 members (excludes halogenated alkanes) is 1. The first kappa shape index (κ1) is 10.5. The van der Waals surface area contributed by atoms with Crippen molar-refractivity contribution in [2.75, 3.05) is 19.3 Å². The molecule has 0 spiro atoms. The standard InChI is InChI=1S/C8H16N4S/c1-7-10-8(12-11-7)13-6-4-3-5-9-2/h9H,3-6H2,1-2H3,(H,10,11,12). The molecule has 13 heavy (non-hydrogen) atoms. The summed E-state index contributed by atoms with van der Waals surface area (Å²) in [5.41, 5.74) is 0. The van der Waals surface area contributed by atoms with E-state index in [0.29, 0.717) is 0 Å². The molecule has 0 aliphatic carbocycles. The summed E-state index contributed by atoms with van der Waals surface area (Å²) in [5.74, 6) is 1.98. The molecule has 74 valence electrons. The summed E-state index contributed by atoms with van der Waals surface area (Å²) < 4.78 is 0. The van der Waals surface area contributed by atoms with E-state index in [9.17, 15) is 0 Å². The van der Waals surface area contributed by atoms with Crippen LogP contribution in [0.3, 0.4) is 0 Å². The zero-order chi connectivity index (χ0) is 9.52. The van der Waals surface area contributed by atoms with Crippen LogP contribution in [0.15, 0.2) is 5.16 Å². The maximum atomic E-state index is 4.21. The molecule has 0 bridgehead atoms. The molecule has 5 heteroatoms. The summed E-state index contributed by atoms with van der Waals surface area (Å²) >= 11 is 1.71. The molecule has 2 N–H and O–H groups in total. The van der Waals surface area contributed by atoms with E-state index in [-0.39, 0.29) is 0 Å². The topological polar surface area (TPSA) is 53.6 Å². The highest BCUT2D eigenvalue weighted by Crippen LogP contribution is 2.13. The van der Waals surface area contributed by atoms with E-state index in [0.717, 1.165) is 23.3 Å². The van der Waals surface area contributed by atoms with Crippen LogP contribution in [0.4, 0.5) is 0 Å². The predicted octanol–water partition coefficient (Wildman–Crippen LogP) is 1.20. The maximum absolute atomic E-state index is 4.21. The molecular weight excluding hydrogens is 184 g/mol. The van der Waals surface area contributed by atoms with Crippen LogP contribution in [0, 0.1) is 6.92 Å². The molecule has 0 aromatic carbocycles. The fourth-order valence-corrected chi connectivity index (χ4v) is 1.80.